The molecule has 0 fully saturated rings. The molecule has 0 aliphatic rings. The number of amides is 1. The Labute approximate surface area is 129 Å². The lowest BCUT2D eigenvalue weighted by Gasteiger charge is -2.05. The summed E-state index contributed by atoms with van der Waals surface area (Å²) in [5.41, 5.74) is 1.34. The highest BCUT2D eigenvalue weighted by atomic mass is 32.1. The molecule has 3 aromatic rings. The zero-order valence-electron chi connectivity index (χ0n) is 11.6. The van der Waals surface area contributed by atoms with Gasteiger partial charge in [-0.2, -0.15) is 5.10 Å². The van der Waals surface area contributed by atoms with E-state index >= 15 is 0 Å². The van der Waals surface area contributed by atoms with Gasteiger partial charge in [0.05, 0.1) is 17.7 Å². The lowest BCUT2D eigenvalue weighted by Crippen LogP contribution is -2.12. The molecule has 0 spiro atoms. The third kappa shape index (κ3) is 2.84. The number of H-pyrrole nitrogens is 1. The molecule has 112 valence electrons. The summed E-state index contributed by atoms with van der Waals surface area (Å²) in [6, 6.07) is 9.71. The molecule has 3 rings (SSSR count). The summed E-state index contributed by atoms with van der Waals surface area (Å²) in [6.07, 6.45) is 0. The highest BCUT2D eigenvalue weighted by molar-refractivity contribution is 7.13. The van der Waals surface area contributed by atoms with E-state index in [4.69, 9.17) is 4.74 Å². The fraction of sp³-hybridized carbons (Fsp3) is 0.0667. The van der Waals surface area contributed by atoms with Crippen LogP contribution in [0.4, 0.5) is 10.1 Å². The van der Waals surface area contributed by atoms with E-state index in [1.54, 1.807) is 23.5 Å². The first-order valence-corrected chi connectivity index (χ1v) is 7.29. The van der Waals surface area contributed by atoms with E-state index in [1.807, 2.05) is 17.5 Å². The Morgan fingerprint density at radius 2 is 2.23 bits per heavy atom. The normalized spacial score (nSPS) is 10.5. The van der Waals surface area contributed by atoms with Crippen LogP contribution in [0.25, 0.3) is 10.6 Å². The molecule has 0 bridgehead atoms. The standard InChI is InChI=1S/C15H12FN3O2S/c1-21-13-5-4-9(7-10(13)16)17-15(20)12-8-11(18-19-12)14-3-2-6-22-14/h2-8H,1H3,(H,17,20)(H,18,19). The Balaban J connectivity index is 1.76. The van der Waals surface area contributed by atoms with E-state index in [2.05, 4.69) is 15.5 Å². The number of hydrogen-bond donors (Lipinski definition) is 2. The van der Waals surface area contributed by atoms with Crippen molar-refractivity contribution < 1.29 is 13.9 Å². The van der Waals surface area contributed by atoms with Gasteiger partial charge >= 0.3 is 0 Å². The van der Waals surface area contributed by atoms with Crippen LogP contribution in [0, 0.1) is 5.82 Å². The molecule has 0 atom stereocenters. The largest absolute Gasteiger partial charge is 0.494 e. The summed E-state index contributed by atoms with van der Waals surface area (Å²) in [4.78, 5) is 13.1. The van der Waals surface area contributed by atoms with E-state index in [-0.39, 0.29) is 11.4 Å². The summed E-state index contributed by atoms with van der Waals surface area (Å²) in [6.45, 7) is 0. The van der Waals surface area contributed by atoms with Crippen molar-refractivity contribution in [1.82, 2.24) is 10.2 Å². The number of thiophene rings is 1. The lowest BCUT2D eigenvalue weighted by atomic mass is 10.2. The van der Waals surface area contributed by atoms with Crippen molar-refractivity contribution in [2.24, 2.45) is 0 Å². The molecular formula is C15H12FN3O2S. The molecule has 0 unspecified atom stereocenters. The fourth-order valence-electron chi connectivity index (χ4n) is 1.94. The summed E-state index contributed by atoms with van der Waals surface area (Å²) in [5, 5.41) is 11.3. The van der Waals surface area contributed by atoms with Gasteiger partial charge in [-0.25, -0.2) is 4.39 Å². The highest BCUT2D eigenvalue weighted by Gasteiger charge is 2.13. The Kier molecular flexibility index (Phi) is 3.88. The highest BCUT2D eigenvalue weighted by Crippen LogP contribution is 2.24. The van der Waals surface area contributed by atoms with Gasteiger partial charge in [-0.3, -0.25) is 9.89 Å². The molecule has 0 aliphatic carbocycles. The Morgan fingerprint density at radius 3 is 2.91 bits per heavy atom. The van der Waals surface area contributed by atoms with E-state index in [1.165, 1.54) is 19.2 Å². The molecule has 5 nitrogen and oxygen atoms in total. The number of anilines is 1. The van der Waals surface area contributed by atoms with E-state index in [0.717, 1.165) is 10.6 Å². The van der Waals surface area contributed by atoms with Crippen LogP contribution in [0.2, 0.25) is 0 Å². The predicted octanol–water partition coefficient (Wildman–Crippen LogP) is 3.54. The maximum atomic E-state index is 13.6. The number of nitrogens with zero attached hydrogens (tertiary/aromatic N) is 1. The quantitative estimate of drug-likeness (QED) is 0.773. The molecule has 1 aromatic carbocycles. The van der Waals surface area contributed by atoms with Crippen LogP contribution < -0.4 is 10.1 Å². The zero-order chi connectivity index (χ0) is 15.5. The van der Waals surface area contributed by atoms with Gasteiger partial charge in [-0.1, -0.05) is 6.07 Å². The maximum absolute atomic E-state index is 13.6. The molecule has 7 heteroatoms. The molecular weight excluding hydrogens is 305 g/mol. The second-order valence-electron chi connectivity index (χ2n) is 4.45. The summed E-state index contributed by atoms with van der Waals surface area (Å²) >= 11 is 1.54. The minimum atomic E-state index is -0.540. The van der Waals surface area contributed by atoms with Crippen LogP contribution in [0.15, 0.2) is 41.8 Å². The summed E-state index contributed by atoms with van der Waals surface area (Å²) < 4.78 is 18.4. The number of aromatic amines is 1. The number of carbonyl (C=O) groups is 1. The number of halogens is 1. The van der Waals surface area contributed by atoms with Crippen LogP contribution in [-0.2, 0) is 0 Å². The van der Waals surface area contributed by atoms with Crippen molar-refractivity contribution in [1.29, 1.82) is 0 Å². The zero-order valence-corrected chi connectivity index (χ0v) is 12.4. The second-order valence-corrected chi connectivity index (χ2v) is 5.40. The number of methoxy groups -OCH3 is 1. The Bertz CT molecular complexity index is 799. The Morgan fingerprint density at radius 1 is 1.36 bits per heavy atom. The lowest BCUT2D eigenvalue weighted by molar-refractivity contribution is 0.102. The maximum Gasteiger partial charge on any atom is 0.276 e. The molecule has 0 aliphatic heterocycles. The molecule has 0 saturated heterocycles. The molecule has 0 saturated carbocycles. The smallest absolute Gasteiger partial charge is 0.276 e. The molecule has 1 amide bonds. The number of rotatable bonds is 4. The van der Waals surface area contributed by atoms with Crippen molar-refractivity contribution in [2.75, 3.05) is 12.4 Å². The van der Waals surface area contributed by atoms with Crippen LogP contribution in [-0.4, -0.2) is 23.2 Å². The Hall–Kier alpha value is -2.67. The topological polar surface area (TPSA) is 67.0 Å². The molecule has 2 aromatic heterocycles. The van der Waals surface area contributed by atoms with Gasteiger partial charge in [-0.15, -0.1) is 11.3 Å². The average Bonchev–Trinajstić information content (AvgIpc) is 3.18. The number of aromatic nitrogens is 2. The first kappa shape index (κ1) is 14.3. The van der Waals surface area contributed by atoms with Gasteiger partial charge in [0.1, 0.15) is 0 Å². The number of hydrogen-bond acceptors (Lipinski definition) is 4. The van der Waals surface area contributed by atoms with Crippen LogP contribution in [0.5, 0.6) is 5.75 Å². The first-order valence-electron chi connectivity index (χ1n) is 6.41. The number of carbonyl (C=O) groups excluding carboxylic acids is 1. The third-order valence-electron chi connectivity index (χ3n) is 3.01. The minimum absolute atomic E-state index is 0.123. The molecule has 22 heavy (non-hydrogen) atoms. The molecule has 2 N–H and O–H groups in total. The van der Waals surface area contributed by atoms with Crippen molar-refractivity contribution >= 4 is 22.9 Å². The predicted molar refractivity (Wildman–Crippen MR) is 82.8 cm³/mol. The fourth-order valence-corrected chi connectivity index (χ4v) is 2.63. The summed E-state index contributed by atoms with van der Waals surface area (Å²) in [5.74, 6) is -0.831. The molecule has 0 radical (unpaired) electrons. The molecule has 2 heterocycles. The van der Waals surface area contributed by atoms with E-state index in [9.17, 15) is 9.18 Å². The van der Waals surface area contributed by atoms with Gasteiger partial charge in [0.15, 0.2) is 17.3 Å². The van der Waals surface area contributed by atoms with Gasteiger partial charge in [0.2, 0.25) is 0 Å². The number of ether oxygens (including phenoxy) is 1. The van der Waals surface area contributed by atoms with Gasteiger partial charge in [0, 0.05) is 11.8 Å². The van der Waals surface area contributed by atoms with E-state index < -0.39 is 11.7 Å². The average molecular weight is 317 g/mol. The van der Waals surface area contributed by atoms with E-state index in [0.29, 0.717) is 5.69 Å². The van der Waals surface area contributed by atoms with Gasteiger partial charge in [-0.05, 0) is 29.6 Å². The van der Waals surface area contributed by atoms with Gasteiger partial charge < -0.3 is 10.1 Å². The minimum Gasteiger partial charge on any atom is -0.494 e. The number of nitrogens with one attached hydrogen (secondary N) is 2. The van der Waals surface area contributed by atoms with Crippen LogP contribution >= 0.6 is 11.3 Å². The number of benzene rings is 1. The van der Waals surface area contributed by atoms with Crippen molar-refractivity contribution in [3.05, 3.63) is 53.3 Å². The summed E-state index contributed by atoms with van der Waals surface area (Å²) in [7, 11) is 1.38. The monoisotopic (exact) mass is 317 g/mol. The first-order chi connectivity index (χ1) is 10.7. The SMILES string of the molecule is COc1ccc(NC(=O)c2cc(-c3cccs3)[nH]n2)cc1F. The second kappa shape index (κ2) is 5.98. The van der Waals surface area contributed by atoms with Crippen molar-refractivity contribution in [3.63, 3.8) is 0 Å². The van der Waals surface area contributed by atoms with Crippen molar-refractivity contribution in [2.45, 2.75) is 0 Å². The van der Waals surface area contributed by atoms with Gasteiger partial charge in [0.25, 0.3) is 5.91 Å². The van der Waals surface area contributed by atoms with Crippen LogP contribution in [0.1, 0.15) is 10.5 Å². The van der Waals surface area contributed by atoms with Crippen LogP contribution in [0.3, 0.4) is 0 Å². The third-order valence-corrected chi connectivity index (χ3v) is 3.91. The van der Waals surface area contributed by atoms with Crippen molar-refractivity contribution in [3.8, 4) is 16.3 Å².